The summed E-state index contributed by atoms with van der Waals surface area (Å²) in [5, 5.41) is 5.44. The maximum absolute atomic E-state index is 12.1. The summed E-state index contributed by atoms with van der Waals surface area (Å²) in [4.78, 5) is 23.6. The normalized spacial score (nSPS) is 17.2. The molecule has 1 aliphatic rings. The molecule has 4 rings (SSSR count). The Labute approximate surface area is 204 Å². The van der Waals surface area contributed by atoms with Crippen molar-refractivity contribution < 1.29 is 19.1 Å². The SMILES string of the molecule is COc1ccc(C(NC(C)c2cccc(OC)c2)c2cccc(CC3SC(=O)NC3=O)c2)cc1. The standard InChI is InChI=1S/C27H28N2O4S/c1-17(20-7-5-9-23(16-20)33-3)28-25(19-10-12-22(32-2)13-11-19)21-8-4-6-18(14-21)15-24-26(30)29-27(31)34-24/h4-14,16-17,24-25,28H,15H2,1-3H3,(H,29,30,31). The second kappa shape index (κ2) is 10.8. The summed E-state index contributed by atoms with van der Waals surface area (Å²) in [6.45, 7) is 2.13. The highest BCUT2D eigenvalue weighted by atomic mass is 32.2. The van der Waals surface area contributed by atoms with Gasteiger partial charge in [-0.1, -0.05) is 60.3 Å². The van der Waals surface area contributed by atoms with E-state index in [9.17, 15) is 9.59 Å². The van der Waals surface area contributed by atoms with E-state index in [0.717, 1.165) is 45.5 Å². The van der Waals surface area contributed by atoms with Crippen LogP contribution in [0.5, 0.6) is 11.5 Å². The Bertz CT molecular complexity index is 1170. The topological polar surface area (TPSA) is 76.7 Å². The van der Waals surface area contributed by atoms with Crippen LogP contribution in [0.15, 0.2) is 72.8 Å². The van der Waals surface area contributed by atoms with Crippen molar-refractivity contribution in [1.29, 1.82) is 0 Å². The van der Waals surface area contributed by atoms with Crippen molar-refractivity contribution in [1.82, 2.24) is 10.6 Å². The minimum Gasteiger partial charge on any atom is -0.497 e. The number of rotatable bonds is 9. The summed E-state index contributed by atoms with van der Waals surface area (Å²) in [7, 11) is 3.32. The number of hydrogen-bond acceptors (Lipinski definition) is 6. The van der Waals surface area contributed by atoms with Crippen LogP contribution >= 0.6 is 11.8 Å². The number of benzene rings is 3. The largest absolute Gasteiger partial charge is 0.497 e. The average Bonchev–Trinajstić information content (AvgIpc) is 3.18. The van der Waals surface area contributed by atoms with Gasteiger partial charge in [-0.3, -0.25) is 20.2 Å². The van der Waals surface area contributed by atoms with Gasteiger partial charge in [0.2, 0.25) is 5.91 Å². The lowest BCUT2D eigenvalue weighted by molar-refractivity contribution is -0.118. The van der Waals surface area contributed by atoms with Crippen molar-refractivity contribution in [2.75, 3.05) is 14.2 Å². The van der Waals surface area contributed by atoms with Crippen LogP contribution in [0.1, 0.15) is 41.3 Å². The first-order chi connectivity index (χ1) is 16.5. The van der Waals surface area contributed by atoms with Crippen molar-refractivity contribution in [3.63, 3.8) is 0 Å². The van der Waals surface area contributed by atoms with E-state index in [1.54, 1.807) is 14.2 Å². The first-order valence-electron chi connectivity index (χ1n) is 11.1. The third kappa shape index (κ3) is 5.61. The molecule has 176 valence electrons. The number of carbonyl (C=O) groups excluding carboxylic acids is 2. The first-order valence-corrected chi connectivity index (χ1v) is 12.0. The van der Waals surface area contributed by atoms with Crippen LogP contribution in [-0.2, 0) is 11.2 Å². The van der Waals surface area contributed by atoms with Crippen LogP contribution in [0.2, 0.25) is 0 Å². The summed E-state index contributed by atoms with van der Waals surface area (Å²) in [6.07, 6.45) is 0.497. The Morgan fingerprint density at radius 3 is 2.26 bits per heavy atom. The fraction of sp³-hybridized carbons (Fsp3) is 0.259. The molecule has 7 heteroatoms. The van der Waals surface area contributed by atoms with E-state index in [1.807, 2.05) is 42.5 Å². The quantitative estimate of drug-likeness (QED) is 0.451. The zero-order valence-corrected chi connectivity index (χ0v) is 20.2. The van der Waals surface area contributed by atoms with Crippen LogP contribution in [0, 0.1) is 0 Å². The van der Waals surface area contributed by atoms with Gasteiger partial charge < -0.3 is 9.47 Å². The Morgan fingerprint density at radius 1 is 0.882 bits per heavy atom. The van der Waals surface area contributed by atoms with Crippen LogP contribution in [0.25, 0.3) is 0 Å². The predicted octanol–water partition coefficient (Wildman–Crippen LogP) is 5.04. The number of amides is 2. The third-order valence-corrected chi connectivity index (χ3v) is 6.91. The number of methoxy groups -OCH3 is 2. The van der Waals surface area contributed by atoms with Crippen molar-refractivity contribution in [2.24, 2.45) is 0 Å². The highest BCUT2D eigenvalue weighted by Crippen LogP contribution is 2.30. The molecule has 3 unspecified atom stereocenters. The molecule has 2 amide bonds. The molecule has 3 aromatic carbocycles. The summed E-state index contributed by atoms with van der Waals surface area (Å²) >= 11 is 1.05. The fourth-order valence-corrected chi connectivity index (χ4v) is 4.94. The van der Waals surface area contributed by atoms with Crippen molar-refractivity contribution >= 4 is 22.9 Å². The fourth-order valence-electron chi connectivity index (χ4n) is 4.08. The maximum Gasteiger partial charge on any atom is 0.286 e. The Balaban J connectivity index is 1.63. The van der Waals surface area contributed by atoms with E-state index in [0.29, 0.717) is 6.42 Å². The van der Waals surface area contributed by atoms with Crippen molar-refractivity contribution in [3.05, 3.63) is 95.1 Å². The monoisotopic (exact) mass is 476 g/mol. The number of hydrogen-bond donors (Lipinski definition) is 2. The van der Waals surface area contributed by atoms with E-state index in [-0.39, 0.29) is 23.2 Å². The molecule has 1 saturated heterocycles. The molecule has 1 fully saturated rings. The molecule has 3 atom stereocenters. The number of thioether (sulfide) groups is 1. The highest BCUT2D eigenvalue weighted by molar-refractivity contribution is 8.15. The van der Waals surface area contributed by atoms with Crippen LogP contribution in [0.3, 0.4) is 0 Å². The molecule has 0 spiro atoms. The molecule has 0 radical (unpaired) electrons. The van der Waals surface area contributed by atoms with Gasteiger partial charge in [-0.15, -0.1) is 0 Å². The van der Waals surface area contributed by atoms with Crippen molar-refractivity contribution in [3.8, 4) is 11.5 Å². The molecule has 1 heterocycles. The predicted molar refractivity (Wildman–Crippen MR) is 134 cm³/mol. The van der Waals surface area contributed by atoms with Gasteiger partial charge in [0.1, 0.15) is 11.5 Å². The van der Waals surface area contributed by atoms with E-state index < -0.39 is 5.25 Å². The Kier molecular flexibility index (Phi) is 7.55. The van der Waals surface area contributed by atoms with E-state index in [4.69, 9.17) is 9.47 Å². The molecular weight excluding hydrogens is 448 g/mol. The molecule has 0 aliphatic carbocycles. The van der Waals surface area contributed by atoms with Crippen LogP contribution in [-0.4, -0.2) is 30.6 Å². The Morgan fingerprint density at radius 2 is 1.59 bits per heavy atom. The minimum absolute atomic E-state index is 0.0413. The summed E-state index contributed by atoms with van der Waals surface area (Å²) in [5.41, 5.74) is 4.30. The number of nitrogens with one attached hydrogen (secondary N) is 2. The molecule has 2 N–H and O–H groups in total. The third-order valence-electron chi connectivity index (χ3n) is 5.93. The summed E-state index contributed by atoms with van der Waals surface area (Å²) in [5.74, 6) is 1.39. The molecule has 34 heavy (non-hydrogen) atoms. The molecule has 1 aliphatic heterocycles. The van der Waals surface area contributed by atoms with Gasteiger partial charge in [0.05, 0.1) is 25.5 Å². The summed E-state index contributed by atoms with van der Waals surface area (Å²) < 4.78 is 10.7. The van der Waals surface area contributed by atoms with Crippen LogP contribution < -0.4 is 20.1 Å². The zero-order chi connectivity index (χ0) is 24.1. The molecular formula is C27H28N2O4S. The molecule has 3 aromatic rings. The van der Waals surface area contributed by atoms with Gasteiger partial charge in [0, 0.05) is 6.04 Å². The lowest BCUT2D eigenvalue weighted by atomic mass is 9.94. The molecule has 0 saturated carbocycles. The average molecular weight is 477 g/mol. The van der Waals surface area contributed by atoms with Gasteiger partial charge in [0.15, 0.2) is 0 Å². The number of imide groups is 1. The van der Waals surface area contributed by atoms with Gasteiger partial charge >= 0.3 is 0 Å². The van der Waals surface area contributed by atoms with Crippen LogP contribution in [0.4, 0.5) is 4.79 Å². The van der Waals surface area contributed by atoms with Crippen molar-refractivity contribution in [2.45, 2.75) is 30.7 Å². The molecule has 6 nitrogen and oxygen atoms in total. The van der Waals surface area contributed by atoms with Gasteiger partial charge in [-0.2, -0.15) is 0 Å². The lowest BCUT2D eigenvalue weighted by Crippen LogP contribution is -2.26. The molecule has 0 bridgehead atoms. The van der Waals surface area contributed by atoms with Gasteiger partial charge in [-0.25, -0.2) is 0 Å². The smallest absolute Gasteiger partial charge is 0.286 e. The van der Waals surface area contributed by atoms with E-state index >= 15 is 0 Å². The second-order valence-corrected chi connectivity index (χ2v) is 9.38. The van der Waals surface area contributed by atoms with E-state index in [1.165, 1.54) is 0 Å². The second-order valence-electron chi connectivity index (χ2n) is 8.20. The van der Waals surface area contributed by atoms with Gasteiger partial charge in [-0.05, 0) is 59.9 Å². The minimum atomic E-state index is -0.397. The first kappa shape index (κ1) is 23.9. The maximum atomic E-state index is 12.1. The summed E-state index contributed by atoms with van der Waals surface area (Å²) in [6, 6.07) is 24.2. The van der Waals surface area contributed by atoms with E-state index in [2.05, 4.69) is 47.9 Å². The zero-order valence-electron chi connectivity index (χ0n) is 19.4. The molecule has 0 aromatic heterocycles. The highest BCUT2D eigenvalue weighted by Gasteiger charge is 2.31. The van der Waals surface area contributed by atoms with Gasteiger partial charge in [0.25, 0.3) is 5.24 Å². The number of ether oxygens (including phenoxy) is 2. The Hall–Kier alpha value is -3.29. The lowest BCUT2D eigenvalue weighted by Gasteiger charge is -2.26. The number of carbonyl (C=O) groups is 2.